The van der Waals surface area contributed by atoms with Gasteiger partial charge >= 0.3 is 0 Å². The third kappa shape index (κ3) is 6.55. The van der Waals surface area contributed by atoms with Crippen molar-refractivity contribution in [3.8, 4) is 0 Å². The minimum absolute atomic E-state index is 0.194. The summed E-state index contributed by atoms with van der Waals surface area (Å²) in [5.41, 5.74) is 6.69. The molecule has 0 amide bonds. The Bertz CT molecular complexity index is 1300. The molecular formula is C27H39N7O2S. The summed E-state index contributed by atoms with van der Waals surface area (Å²) >= 11 is 0. The van der Waals surface area contributed by atoms with Gasteiger partial charge in [-0.25, -0.2) is 13.1 Å². The van der Waals surface area contributed by atoms with E-state index in [1.807, 2.05) is 56.1 Å². The van der Waals surface area contributed by atoms with Gasteiger partial charge in [-0.3, -0.25) is 0 Å². The van der Waals surface area contributed by atoms with Crippen molar-refractivity contribution in [1.82, 2.24) is 19.7 Å². The number of nitrogens with two attached hydrogens (primary N) is 1. The molecule has 0 radical (unpaired) electrons. The Hall–Kier alpha value is -2.82. The lowest BCUT2D eigenvalue weighted by atomic mass is 9.78. The summed E-state index contributed by atoms with van der Waals surface area (Å²) < 4.78 is 29.1. The van der Waals surface area contributed by atoms with E-state index in [0.717, 1.165) is 43.0 Å². The monoisotopic (exact) mass is 525 g/mol. The van der Waals surface area contributed by atoms with Gasteiger partial charge in [-0.2, -0.15) is 15.0 Å². The molecule has 0 saturated heterocycles. The van der Waals surface area contributed by atoms with E-state index in [0.29, 0.717) is 29.2 Å². The number of benzene rings is 2. The van der Waals surface area contributed by atoms with Crippen molar-refractivity contribution < 1.29 is 8.42 Å². The maximum Gasteiger partial charge on any atom is 0.241 e. The lowest BCUT2D eigenvalue weighted by Crippen LogP contribution is -2.34. The number of hydrogen-bond donors (Lipinski definition) is 3. The van der Waals surface area contributed by atoms with Crippen molar-refractivity contribution in [3.63, 3.8) is 0 Å². The maximum atomic E-state index is 13.1. The fourth-order valence-corrected chi connectivity index (χ4v) is 6.21. The topological polar surface area (TPSA) is 126 Å². The third-order valence-electron chi connectivity index (χ3n) is 7.17. The highest BCUT2D eigenvalue weighted by Gasteiger charge is 2.30. The zero-order valence-corrected chi connectivity index (χ0v) is 23.0. The van der Waals surface area contributed by atoms with Gasteiger partial charge in [0.15, 0.2) is 5.82 Å². The number of hydrogen-bond acceptors (Lipinski definition) is 8. The largest absolute Gasteiger partial charge is 0.352 e. The molecule has 4 rings (SSSR count). The van der Waals surface area contributed by atoms with E-state index in [4.69, 9.17) is 5.73 Å². The Morgan fingerprint density at radius 2 is 1.73 bits per heavy atom. The SMILES string of the molecule is CCN(C)c1nc(NC(C)C)nc(C(N)C2CCC(CNS(=O)(=O)c3cccc4ccccc34)CC2)n1. The lowest BCUT2D eigenvalue weighted by Gasteiger charge is -2.32. The molecule has 9 nitrogen and oxygen atoms in total. The molecule has 37 heavy (non-hydrogen) atoms. The highest BCUT2D eigenvalue weighted by molar-refractivity contribution is 7.89. The second-order valence-electron chi connectivity index (χ2n) is 10.3. The van der Waals surface area contributed by atoms with Crippen molar-refractivity contribution in [3.05, 3.63) is 48.3 Å². The minimum atomic E-state index is -3.60. The first-order valence-corrected chi connectivity index (χ1v) is 14.6. The number of fused-ring (bicyclic) bond motifs is 1. The van der Waals surface area contributed by atoms with Crippen LogP contribution in [0, 0.1) is 11.8 Å². The van der Waals surface area contributed by atoms with E-state index < -0.39 is 10.0 Å². The Balaban J connectivity index is 1.39. The van der Waals surface area contributed by atoms with Crippen LogP contribution in [0.4, 0.5) is 11.9 Å². The van der Waals surface area contributed by atoms with Crippen LogP contribution in [0.15, 0.2) is 47.4 Å². The fraction of sp³-hybridized carbons (Fsp3) is 0.519. The van der Waals surface area contributed by atoms with Crippen LogP contribution in [0.3, 0.4) is 0 Å². The van der Waals surface area contributed by atoms with Crippen molar-refractivity contribution in [1.29, 1.82) is 0 Å². The number of nitrogens with one attached hydrogen (secondary N) is 2. The average molecular weight is 526 g/mol. The summed E-state index contributed by atoms with van der Waals surface area (Å²) in [5.74, 6) is 2.27. The van der Waals surface area contributed by atoms with Crippen LogP contribution in [-0.4, -0.2) is 49.5 Å². The van der Waals surface area contributed by atoms with E-state index in [1.165, 1.54) is 0 Å². The van der Waals surface area contributed by atoms with Crippen molar-refractivity contribution in [2.75, 3.05) is 30.4 Å². The standard InChI is InChI=1S/C27H39N7O2S/c1-5-34(4)27-32-25(31-26(33-27)30-18(2)3)24(28)21-15-13-19(14-16-21)17-29-37(35,36)23-12-8-10-20-9-6-7-11-22(20)23/h6-12,18-19,21,24,29H,5,13-17,28H2,1-4H3,(H,30,31,32,33). The molecule has 0 aliphatic heterocycles. The molecule has 0 bridgehead atoms. The molecule has 1 atom stereocenters. The van der Waals surface area contributed by atoms with Crippen LogP contribution < -0.4 is 20.7 Å². The smallest absolute Gasteiger partial charge is 0.241 e. The molecule has 0 spiro atoms. The van der Waals surface area contributed by atoms with Gasteiger partial charge in [-0.05, 0) is 69.7 Å². The van der Waals surface area contributed by atoms with E-state index in [2.05, 4.69) is 31.9 Å². The molecule has 1 aliphatic carbocycles. The van der Waals surface area contributed by atoms with Crippen LogP contribution in [0.25, 0.3) is 10.8 Å². The van der Waals surface area contributed by atoms with Crippen molar-refractivity contribution in [2.45, 2.75) is 63.4 Å². The van der Waals surface area contributed by atoms with Crippen LogP contribution in [0.2, 0.25) is 0 Å². The Morgan fingerprint density at radius 3 is 2.43 bits per heavy atom. The number of nitrogens with zero attached hydrogens (tertiary/aromatic N) is 4. The summed E-state index contributed by atoms with van der Waals surface area (Å²) in [7, 11) is -1.65. The molecule has 4 N–H and O–H groups in total. The van der Waals surface area contributed by atoms with Gasteiger partial charge in [0.1, 0.15) is 0 Å². The van der Waals surface area contributed by atoms with Crippen LogP contribution >= 0.6 is 0 Å². The molecule has 1 aromatic heterocycles. The summed E-state index contributed by atoms with van der Waals surface area (Å²) in [5, 5.41) is 4.93. The zero-order valence-electron chi connectivity index (χ0n) is 22.2. The fourth-order valence-electron chi connectivity index (χ4n) is 4.86. The van der Waals surface area contributed by atoms with Gasteiger partial charge in [-0.15, -0.1) is 0 Å². The van der Waals surface area contributed by atoms with Gasteiger partial charge < -0.3 is 16.0 Å². The van der Waals surface area contributed by atoms with Gasteiger partial charge in [0.2, 0.25) is 21.9 Å². The van der Waals surface area contributed by atoms with E-state index in [9.17, 15) is 8.42 Å². The number of aromatic nitrogens is 3. The molecule has 2 aromatic carbocycles. The summed E-state index contributed by atoms with van der Waals surface area (Å²) in [6, 6.07) is 12.8. The number of anilines is 2. The van der Waals surface area contributed by atoms with Crippen LogP contribution in [0.1, 0.15) is 58.3 Å². The predicted octanol–water partition coefficient (Wildman–Crippen LogP) is 4.09. The Morgan fingerprint density at radius 1 is 1.03 bits per heavy atom. The normalized spacial score (nSPS) is 19.2. The first kappa shape index (κ1) is 27.2. The quantitative estimate of drug-likeness (QED) is 0.361. The van der Waals surface area contributed by atoms with Gasteiger partial charge in [0.05, 0.1) is 10.9 Å². The highest BCUT2D eigenvalue weighted by atomic mass is 32.2. The molecule has 1 heterocycles. The van der Waals surface area contributed by atoms with Crippen LogP contribution in [-0.2, 0) is 10.0 Å². The highest BCUT2D eigenvalue weighted by Crippen LogP contribution is 2.35. The third-order valence-corrected chi connectivity index (χ3v) is 8.65. The summed E-state index contributed by atoms with van der Waals surface area (Å²) in [6.07, 6.45) is 3.61. The Kier molecular flexibility index (Phi) is 8.61. The molecule has 3 aromatic rings. The number of sulfonamides is 1. The van der Waals surface area contributed by atoms with Crippen molar-refractivity contribution >= 4 is 32.7 Å². The zero-order chi connectivity index (χ0) is 26.6. The second-order valence-corrected chi connectivity index (χ2v) is 12.0. The van der Waals surface area contributed by atoms with Crippen LogP contribution in [0.5, 0.6) is 0 Å². The Labute approximate surface area is 220 Å². The molecule has 1 fully saturated rings. The molecule has 200 valence electrons. The lowest BCUT2D eigenvalue weighted by molar-refractivity contribution is 0.240. The molecule has 1 aliphatic rings. The molecular weight excluding hydrogens is 486 g/mol. The van der Waals surface area contributed by atoms with Gasteiger partial charge in [-0.1, -0.05) is 36.4 Å². The first-order chi connectivity index (χ1) is 17.7. The predicted molar refractivity (Wildman–Crippen MR) is 149 cm³/mol. The van der Waals surface area contributed by atoms with E-state index >= 15 is 0 Å². The van der Waals surface area contributed by atoms with Gasteiger partial charge in [0, 0.05) is 31.6 Å². The summed E-state index contributed by atoms with van der Waals surface area (Å²) in [4.78, 5) is 16.2. The second kappa shape index (κ2) is 11.7. The van der Waals surface area contributed by atoms with E-state index in [-0.39, 0.29) is 23.9 Å². The molecule has 10 heteroatoms. The number of rotatable bonds is 10. The first-order valence-electron chi connectivity index (χ1n) is 13.1. The molecule has 1 saturated carbocycles. The molecule has 1 unspecified atom stereocenters. The van der Waals surface area contributed by atoms with E-state index in [1.54, 1.807) is 12.1 Å². The minimum Gasteiger partial charge on any atom is -0.352 e. The van der Waals surface area contributed by atoms with Gasteiger partial charge in [0.25, 0.3) is 0 Å². The maximum absolute atomic E-state index is 13.1. The summed E-state index contributed by atoms with van der Waals surface area (Å²) in [6.45, 7) is 7.34. The average Bonchev–Trinajstić information content (AvgIpc) is 2.90. The van der Waals surface area contributed by atoms with Crippen molar-refractivity contribution in [2.24, 2.45) is 17.6 Å².